The summed E-state index contributed by atoms with van der Waals surface area (Å²) < 4.78 is 0. The van der Waals surface area contributed by atoms with E-state index in [9.17, 15) is 0 Å². The molecule has 12 rings (SSSR count). The van der Waals surface area contributed by atoms with Gasteiger partial charge in [-0.3, -0.25) is 0 Å². The summed E-state index contributed by atoms with van der Waals surface area (Å²) in [5, 5.41) is 10.2. The van der Waals surface area contributed by atoms with Crippen LogP contribution in [-0.2, 0) is 0 Å². The van der Waals surface area contributed by atoms with Gasteiger partial charge in [0.05, 0.1) is 5.69 Å². The van der Waals surface area contributed by atoms with Gasteiger partial charge >= 0.3 is 0 Å². The van der Waals surface area contributed by atoms with Crippen LogP contribution in [0.15, 0.2) is 261 Å². The predicted octanol–water partition coefficient (Wildman–Crippen LogP) is 18.1. The van der Waals surface area contributed by atoms with Crippen molar-refractivity contribution in [3.63, 3.8) is 0 Å². The van der Waals surface area contributed by atoms with Crippen molar-refractivity contribution in [3.05, 3.63) is 261 Å². The molecule has 0 atom stereocenters. The van der Waals surface area contributed by atoms with Crippen LogP contribution >= 0.6 is 0 Å². The molecule has 12 aromatic rings. The summed E-state index contributed by atoms with van der Waals surface area (Å²) in [7, 11) is 0. The quantitative estimate of drug-likeness (QED) is 0.138. The molecule has 1 heteroatoms. The van der Waals surface area contributed by atoms with E-state index in [1.165, 1.54) is 87.6 Å². The Morgan fingerprint density at radius 2 is 0.631 bits per heavy atom. The van der Waals surface area contributed by atoms with E-state index in [0.717, 1.165) is 28.2 Å². The van der Waals surface area contributed by atoms with Gasteiger partial charge in [-0.15, -0.1) is 0 Å². The third kappa shape index (κ3) is 6.92. The highest BCUT2D eigenvalue weighted by atomic mass is 15.1. The Balaban J connectivity index is 0.978. The van der Waals surface area contributed by atoms with Gasteiger partial charge in [-0.05, 0) is 130 Å². The van der Waals surface area contributed by atoms with Crippen LogP contribution in [0.4, 0.5) is 17.1 Å². The number of fused-ring (bicyclic) bond motifs is 7. The van der Waals surface area contributed by atoms with Crippen molar-refractivity contribution in [1.29, 1.82) is 0 Å². The summed E-state index contributed by atoms with van der Waals surface area (Å²) in [5.74, 6) is 0. The molecule has 0 saturated heterocycles. The van der Waals surface area contributed by atoms with Gasteiger partial charge in [-0.25, -0.2) is 0 Å². The van der Waals surface area contributed by atoms with Gasteiger partial charge in [-0.2, -0.15) is 0 Å². The van der Waals surface area contributed by atoms with Crippen LogP contribution in [-0.4, -0.2) is 0 Å². The van der Waals surface area contributed by atoms with Gasteiger partial charge in [0.2, 0.25) is 0 Å². The highest BCUT2D eigenvalue weighted by molar-refractivity contribution is 6.25. The van der Waals surface area contributed by atoms with Crippen molar-refractivity contribution in [3.8, 4) is 55.6 Å². The molecule has 12 aromatic carbocycles. The van der Waals surface area contributed by atoms with E-state index in [-0.39, 0.29) is 0 Å². The standard InChI is InChI=1S/C64H43N/c1-3-15-44(16-4-1)45-27-29-48(30-28-45)54-20-13-14-26-63(54)65(53-39-33-49(34-40-53)56-41-35-47-17-7-8-21-55(47)64(56)50-18-5-2-6-19-50)52-37-31-46(32-38-52)51-36-42-61-59-24-10-9-22-57(59)58-23-11-12-25-60(58)62(61)43-51/h1-43H. The van der Waals surface area contributed by atoms with Crippen LogP contribution in [0.25, 0.3) is 98.7 Å². The van der Waals surface area contributed by atoms with Crippen molar-refractivity contribution in [1.82, 2.24) is 0 Å². The summed E-state index contributed by atoms with van der Waals surface area (Å²) in [6.07, 6.45) is 0. The van der Waals surface area contributed by atoms with Crippen LogP contribution in [0.3, 0.4) is 0 Å². The second-order valence-electron chi connectivity index (χ2n) is 16.8. The molecule has 0 bridgehead atoms. The number of nitrogens with zero attached hydrogens (tertiary/aromatic N) is 1. The lowest BCUT2D eigenvalue weighted by Gasteiger charge is -2.28. The minimum atomic E-state index is 1.08. The van der Waals surface area contributed by atoms with E-state index in [1.54, 1.807) is 0 Å². The molecule has 0 radical (unpaired) electrons. The summed E-state index contributed by atoms with van der Waals surface area (Å²) in [6.45, 7) is 0. The van der Waals surface area contributed by atoms with E-state index in [0.29, 0.717) is 0 Å². The molecule has 0 N–H and O–H groups in total. The lowest BCUT2D eigenvalue weighted by Crippen LogP contribution is -2.11. The molecule has 0 heterocycles. The van der Waals surface area contributed by atoms with Crippen LogP contribution < -0.4 is 4.90 Å². The van der Waals surface area contributed by atoms with Crippen molar-refractivity contribution < 1.29 is 0 Å². The molecule has 0 aliphatic carbocycles. The van der Waals surface area contributed by atoms with Gasteiger partial charge in [0.25, 0.3) is 0 Å². The van der Waals surface area contributed by atoms with Crippen LogP contribution in [0, 0.1) is 0 Å². The van der Waals surface area contributed by atoms with Gasteiger partial charge in [0, 0.05) is 16.9 Å². The SMILES string of the molecule is c1ccc(-c2ccc(-c3ccccc3N(c3ccc(-c4ccc5c6ccccc6c6ccccc6c5c4)cc3)c3ccc(-c4ccc5ccccc5c4-c4ccccc4)cc3)cc2)cc1. The Morgan fingerprint density at radius 1 is 0.215 bits per heavy atom. The summed E-state index contributed by atoms with van der Waals surface area (Å²) in [6, 6.07) is 95.1. The van der Waals surface area contributed by atoms with Crippen molar-refractivity contribution >= 4 is 60.2 Å². The molecule has 0 aromatic heterocycles. The molecule has 0 saturated carbocycles. The fourth-order valence-corrected chi connectivity index (χ4v) is 9.92. The maximum Gasteiger partial charge on any atom is 0.0540 e. The summed E-state index contributed by atoms with van der Waals surface area (Å²) in [4.78, 5) is 2.41. The highest BCUT2D eigenvalue weighted by Crippen LogP contribution is 2.44. The van der Waals surface area contributed by atoms with E-state index >= 15 is 0 Å². The Bertz CT molecular complexity index is 3630. The fraction of sp³-hybridized carbons (Fsp3) is 0. The molecule has 1 nitrogen and oxygen atoms in total. The van der Waals surface area contributed by atoms with Gasteiger partial charge in [0.1, 0.15) is 0 Å². The number of hydrogen-bond acceptors (Lipinski definition) is 1. The van der Waals surface area contributed by atoms with E-state index in [2.05, 4.69) is 266 Å². The fourth-order valence-electron chi connectivity index (χ4n) is 9.92. The number of hydrogen-bond donors (Lipinski definition) is 0. The molecule has 0 amide bonds. The van der Waals surface area contributed by atoms with Gasteiger partial charge in [-0.1, -0.05) is 224 Å². The number of benzene rings is 12. The van der Waals surface area contributed by atoms with Crippen molar-refractivity contribution in [2.24, 2.45) is 0 Å². The normalized spacial score (nSPS) is 11.4. The first-order chi connectivity index (χ1) is 32.2. The maximum atomic E-state index is 2.41. The molecule has 0 unspecified atom stereocenters. The highest BCUT2D eigenvalue weighted by Gasteiger charge is 2.19. The molecule has 0 fully saturated rings. The zero-order chi connectivity index (χ0) is 43.1. The Labute approximate surface area is 379 Å². The van der Waals surface area contributed by atoms with Crippen LogP contribution in [0.5, 0.6) is 0 Å². The monoisotopic (exact) mass is 825 g/mol. The zero-order valence-electron chi connectivity index (χ0n) is 35.8. The Morgan fingerprint density at radius 3 is 1.28 bits per heavy atom. The molecule has 65 heavy (non-hydrogen) atoms. The molecular weight excluding hydrogens is 783 g/mol. The maximum absolute atomic E-state index is 2.41. The molecule has 0 aliphatic heterocycles. The lowest BCUT2D eigenvalue weighted by atomic mass is 9.89. The number of anilines is 3. The second-order valence-corrected chi connectivity index (χ2v) is 16.8. The minimum absolute atomic E-state index is 1.08. The third-order valence-corrected chi connectivity index (χ3v) is 13.1. The zero-order valence-corrected chi connectivity index (χ0v) is 35.8. The predicted molar refractivity (Wildman–Crippen MR) is 278 cm³/mol. The molecule has 0 spiro atoms. The van der Waals surface area contributed by atoms with Crippen LogP contribution in [0.1, 0.15) is 0 Å². The van der Waals surface area contributed by atoms with Crippen molar-refractivity contribution in [2.45, 2.75) is 0 Å². The average molecular weight is 826 g/mol. The Hall–Kier alpha value is -8.52. The van der Waals surface area contributed by atoms with E-state index in [4.69, 9.17) is 0 Å². The smallest absolute Gasteiger partial charge is 0.0540 e. The van der Waals surface area contributed by atoms with Crippen molar-refractivity contribution in [2.75, 3.05) is 4.90 Å². The molecule has 304 valence electrons. The topological polar surface area (TPSA) is 3.24 Å². The first-order valence-electron chi connectivity index (χ1n) is 22.4. The first kappa shape index (κ1) is 38.2. The molecule has 0 aliphatic rings. The average Bonchev–Trinajstić information content (AvgIpc) is 3.39. The number of rotatable bonds is 8. The lowest BCUT2D eigenvalue weighted by molar-refractivity contribution is 1.28. The summed E-state index contributed by atoms with van der Waals surface area (Å²) in [5.41, 5.74) is 15.3. The van der Waals surface area contributed by atoms with Crippen LogP contribution in [0.2, 0.25) is 0 Å². The van der Waals surface area contributed by atoms with E-state index in [1.807, 2.05) is 0 Å². The van der Waals surface area contributed by atoms with Gasteiger partial charge in [0.15, 0.2) is 0 Å². The second kappa shape index (κ2) is 16.3. The summed E-state index contributed by atoms with van der Waals surface area (Å²) >= 11 is 0. The minimum Gasteiger partial charge on any atom is -0.310 e. The third-order valence-electron chi connectivity index (χ3n) is 13.1. The number of para-hydroxylation sites is 1. The first-order valence-corrected chi connectivity index (χ1v) is 22.4. The van der Waals surface area contributed by atoms with E-state index < -0.39 is 0 Å². The molecular formula is C64H43N. The van der Waals surface area contributed by atoms with Gasteiger partial charge < -0.3 is 4.90 Å². The Kier molecular flexibility index (Phi) is 9.58. The largest absolute Gasteiger partial charge is 0.310 e.